The van der Waals surface area contributed by atoms with Crippen LogP contribution in [0.5, 0.6) is 0 Å². The van der Waals surface area contributed by atoms with Crippen LogP contribution in [0.4, 0.5) is 9.18 Å². The number of rotatable bonds is 4. The molecule has 2 saturated heterocycles. The predicted molar refractivity (Wildman–Crippen MR) is 55.8 cm³/mol. The number of carboxylic acid groups (broad SMARTS) is 1. The third-order valence-corrected chi connectivity index (χ3v) is 4.30. The molecule has 0 aliphatic carbocycles. The van der Waals surface area contributed by atoms with Crippen LogP contribution in [0.2, 0.25) is 0 Å². The topological polar surface area (TPSA) is 90.0 Å². The Kier molecular flexibility index (Phi) is 5.75. The molecular formula is C9H12FN2NaO5S. The zero-order chi connectivity index (χ0) is 13.4. The van der Waals surface area contributed by atoms with E-state index in [0.717, 1.165) is 0 Å². The second kappa shape index (κ2) is 6.49. The second-order valence-electron chi connectivity index (χ2n) is 4.19. The molecule has 0 saturated carbocycles. The van der Waals surface area contributed by atoms with Crippen LogP contribution in [0, 0.1) is 0 Å². The first-order valence-corrected chi connectivity index (χ1v) is 6.97. The molecule has 0 N–H and O–H groups in total. The van der Waals surface area contributed by atoms with E-state index in [0.29, 0.717) is 17.9 Å². The van der Waals surface area contributed by atoms with Gasteiger partial charge in [0.2, 0.25) is 0 Å². The van der Waals surface area contributed by atoms with Crippen LogP contribution in [-0.4, -0.2) is 56.7 Å². The first-order chi connectivity index (χ1) is 8.41. The van der Waals surface area contributed by atoms with Gasteiger partial charge in [-0.1, -0.05) is 0 Å². The van der Waals surface area contributed by atoms with E-state index in [2.05, 4.69) is 4.84 Å². The number of fused-ring (bicyclic) bond motifs is 2. The van der Waals surface area contributed by atoms with Crippen molar-refractivity contribution in [1.82, 2.24) is 9.96 Å². The normalized spacial score (nSPS) is 28.8. The van der Waals surface area contributed by atoms with Crippen LogP contribution >= 0.6 is 0 Å². The Morgan fingerprint density at radius 1 is 1.58 bits per heavy atom. The smallest absolute Gasteiger partial charge is 0.544 e. The van der Waals surface area contributed by atoms with Gasteiger partial charge >= 0.3 is 35.6 Å². The molecule has 4 atom stereocenters. The molecular weight excluding hydrogens is 290 g/mol. The molecule has 2 rings (SSSR count). The van der Waals surface area contributed by atoms with E-state index in [-0.39, 0.29) is 36.1 Å². The fourth-order valence-electron chi connectivity index (χ4n) is 2.22. The largest absolute Gasteiger partial charge is 1.00 e. The van der Waals surface area contributed by atoms with Gasteiger partial charge < -0.3 is 14.8 Å². The number of alkyl halides is 1. The molecule has 2 amide bonds. The van der Waals surface area contributed by atoms with Gasteiger partial charge in [-0.2, -0.15) is 5.06 Å². The second-order valence-corrected chi connectivity index (χ2v) is 5.73. The molecule has 0 aromatic heterocycles. The van der Waals surface area contributed by atoms with Gasteiger partial charge in [-0.15, -0.1) is 0 Å². The van der Waals surface area contributed by atoms with Crippen LogP contribution in [-0.2, 0) is 20.4 Å². The van der Waals surface area contributed by atoms with E-state index in [9.17, 15) is 23.3 Å². The molecule has 2 fully saturated rings. The predicted octanol–water partition coefficient (Wildman–Crippen LogP) is -4.43. The van der Waals surface area contributed by atoms with Crippen molar-refractivity contribution in [1.29, 1.82) is 0 Å². The number of carbonyl (C=O) groups is 2. The number of hydroxylamine groups is 2. The summed E-state index contributed by atoms with van der Waals surface area (Å²) in [6.45, 7) is 0.267. The number of halogens is 1. The number of hydrogen-bond donors (Lipinski definition) is 0. The molecule has 10 heteroatoms. The maximum Gasteiger partial charge on any atom is 1.00 e. The van der Waals surface area contributed by atoms with Gasteiger partial charge in [0.25, 0.3) is 6.36 Å². The quantitative estimate of drug-likeness (QED) is 0.489. The fourth-order valence-corrected chi connectivity index (χ4v) is 3.22. The van der Waals surface area contributed by atoms with Gasteiger partial charge in [-0.05, 0) is 12.8 Å². The Balaban J connectivity index is 0.00000180. The summed E-state index contributed by atoms with van der Waals surface area (Å²) >= 11 is 0. The van der Waals surface area contributed by atoms with Crippen LogP contribution in [0.15, 0.2) is 0 Å². The molecule has 2 bridgehead atoms. The summed E-state index contributed by atoms with van der Waals surface area (Å²) in [5.41, 5.74) is 0. The Labute approximate surface area is 133 Å². The fraction of sp³-hybridized carbons (Fsp3) is 0.778. The maximum atomic E-state index is 12.9. The van der Waals surface area contributed by atoms with Crippen molar-refractivity contribution >= 4 is 22.8 Å². The monoisotopic (exact) mass is 302 g/mol. The number of urea groups is 1. The number of carbonyl (C=O) groups excluding carboxylic acids is 2. The minimum absolute atomic E-state index is 0. The van der Waals surface area contributed by atoms with Gasteiger partial charge in [-0.3, -0.25) is 4.21 Å². The molecule has 2 aliphatic heterocycles. The molecule has 19 heavy (non-hydrogen) atoms. The molecule has 0 unspecified atom stereocenters. The Hall–Kier alpha value is -0.220. The van der Waals surface area contributed by atoms with Crippen molar-refractivity contribution in [3.8, 4) is 0 Å². The molecule has 2 aliphatic rings. The maximum absolute atomic E-state index is 12.9. The Morgan fingerprint density at radius 2 is 2.21 bits per heavy atom. The number of nitrogens with zero attached hydrogens (tertiary/aromatic N) is 2. The molecule has 0 aromatic rings. The summed E-state index contributed by atoms with van der Waals surface area (Å²) in [5.74, 6) is -2.03. The van der Waals surface area contributed by atoms with E-state index in [1.54, 1.807) is 0 Å². The first kappa shape index (κ1) is 16.8. The molecule has 0 radical (unpaired) electrons. The third kappa shape index (κ3) is 3.27. The average molecular weight is 302 g/mol. The van der Waals surface area contributed by atoms with E-state index in [1.165, 1.54) is 11.2 Å². The Bertz CT molecular complexity index is 412. The van der Waals surface area contributed by atoms with Gasteiger partial charge in [0, 0.05) is 23.6 Å². The summed E-state index contributed by atoms with van der Waals surface area (Å²) in [5, 5.41) is 10.5. The van der Waals surface area contributed by atoms with E-state index in [1.807, 2.05) is 0 Å². The number of carboxylic acids is 1. The minimum Gasteiger partial charge on any atom is -0.544 e. The van der Waals surface area contributed by atoms with Gasteiger partial charge in [0.15, 0.2) is 0 Å². The molecule has 0 aromatic carbocycles. The van der Waals surface area contributed by atoms with Crippen molar-refractivity contribution in [3.63, 3.8) is 0 Å². The number of piperidine rings is 1. The van der Waals surface area contributed by atoms with Crippen molar-refractivity contribution in [3.05, 3.63) is 0 Å². The van der Waals surface area contributed by atoms with E-state index < -0.39 is 40.6 Å². The van der Waals surface area contributed by atoms with Crippen molar-refractivity contribution < 1.29 is 57.7 Å². The zero-order valence-corrected chi connectivity index (χ0v) is 13.4. The van der Waals surface area contributed by atoms with Crippen molar-refractivity contribution in [2.45, 2.75) is 30.6 Å². The van der Waals surface area contributed by atoms with Crippen LogP contribution in [0.1, 0.15) is 12.8 Å². The molecule has 2 heterocycles. The van der Waals surface area contributed by atoms with E-state index >= 15 is 0 Å². The zero-order valence-electron chi connectivity index (χ0n) is 10.6. The van der Waals surface area contributed by atoms with Gasteiger partial charge in [0.05, 0.1) is 6.04 Å². The molecule has 0 spiro atoms. The van der Waals surface area contributed by atoms with Gasteiger partial charge in [-0.25, -0.2) is 14.0 Å². The molecule has 7 nitrogen and oxygen atoms in total. The SMILES string of the molecule is C[S@@](=O)[C@@H]1CC[C@@H]2CN1C(=O)N2O[C@H](F)C(=O)[O-].[Na+]. The standard InChI is InChI=1S/C9H13FN2O5S.Na/c1-18(16)6-3-2-5-4-11(6)9(15)12(5)17-7(10)8(13)14;/h5-7H,2-4H2,1H3,(H,13,14);/q;+1/p-1/t5-,6-,7+,18-;/m1./s1. The summed E-state index contributed by atoms with van der Waals surface area (Å²) in [7, 11) is -1.21. The van der Waals surface area contributed by atoms with Gasteiger partial charge in [0.1, 0.15) is 11.3 Å². The third-order valence-electron chi connectivity index (χ3n) is 3.04. The Morgan fingerprint density at radius 3 is 2.74 bits per heavy atom. The summed E-state index contributed by atoms with van der Waals surface area (Å²) in [6.07, 6.45) is -0.186. The first-order valence-electron chi connectivity index (χ1n) is 5.35. The summed E-state index contributed by atoms with van der Waals surface area (Å²) in [6, 6.07) is -1.06. The summed E-state index contributed by atoms with van der Waals surface area (Å²) in [4.78, 5) is 27.9. The van der Waals surface area contributed by atoms with Crippen LogP contribution in [0.3, 0.4) is 0 Å². The van der Waals surface area contributed by atoms with Crippen molar-refractivity contribution in [2.24, 2.45) is 0 Å². The van der Waals surface area contributed by atoms with Crippen LogP contribution < -0.4 is 34.7 Å². The minimum atomic E-state index is -2.68. The molecule has 102 valence electrons. The number of amides is 2. The van der Waals surface area contributed by atoms with Crippen molar-refractivity contribution in [2.75, 3.05) is 12.8 Å². The van der Waals surface area contributed by atoms with E-state index in [4.69, 9.17) is 0 Å². The number of aliphatic carboxylic acids is 1. The van der Waals surface area contributed by atoms with Crippen LogP contribution in [0.25, 0.3) is 0 Å². The number of hydrogen-bond acceptors (Lipinski definition) is 5. The summed E-state index contributed by atoms with van der Waals surface area (Å²) < 4.78 is 24.4. The average Bonchev–Trinajstić information content (AvgIpc) is 2.54.